The third kappa shape index (κ3) is 7.80. The first-order valence-electron chi connectivity index (χ1n) is 11.9. The number of likely N-dealkylation sites (N-methyl/N-ethyl adjacent to an activating group) is 1. The summed E-state index contributed by atoms with van der Waals surface area (Å²) in [4.78, 5) is 14.7. The summed E-state index contributed by atoms with van der Waals surface area (Å²) in [6, 6.07) is 19.0. The molecule has 1 fully saturated rings. The molecule has 188 valence electrons. The van der Waals surface area contributed by atoms with Crippen LogP contribution in [0.5, 0.6) is 0 Å². The van der Waals surface area contributed by atoms with Crippen LogP contribution in [0.15, 0.2) is 65.6 Å². The Labute approximate surface area is 211 Å². The van der Waals surface area contributed by atoms with Crippen LogP contribution in [0.3, 0.4) is 0 Å². The summed E-state index contributed by atoms with van der Waals surface area (Å²) in [5.74, 6) is 0.243. The quantitative estimate of drug-likeness (QED) is 0.524. The lowest BCUT2D eigenvalue weighted by molar-refractivity contribution is -0.125. The molecular formula is C26H38ClN3O3S. The molecule has 1 saturated heterocycles. The van der Waals surface area contributed by atoms with Crippen LogP contribution in [0, 0.1) is 5.92 Å². The number of sulfonamides is 1. The van der Waals surface area contributed by atoms with Gasteiger partial charge in [-0.2, -0.15) is 0 Å². The predicted molar refractivity (Wildman–Crippen MR) is 140 cm³/mol. The topological polar surface area (TPSA) is 69.7 Å². The van der Waals surface area contributed by atoms with Crippen molar-refractivity contribution in [1.29, 1.82) is 0 Å². The standard InChI is InChI=1S/C26H37N3O3S.ClH/c1-21(2)26(30)27-24-15-18-29(19-16-24)17-14-23(22-10-6-4-7-11-22)20-28(3)33(31,32)25-12-8-5-9-13-25;/h4-13,21,23-24H,14-20H2,1-3H3,(H,27,30);1H. The zero-order valence-corrected chi connectivity index (χ0v) is 22.0. The average molecular weight is 508 g/mol. The summed E-state index contributed by atoms with van der Waals surface area (Å²) in [6.45, 7) is 7.07. The van der Waals surface area contributed by atoms with Crippen LogP contribution in [-0.2, 0) is 14.8 Å². The van der Waals surface area contributed by atoms with Gasteiger partial charge in [0.25, 0.3) is 0 Å². The Kier molecular flexibility index (Phi) is 11.0. The number of hydrogen-bond acceptors (Lipinski definition) is 4. The van der Waals surface area contributed by atoms with Crippen molar-refractivity contribution in [1.82, 2.24) is 14.5 Å². The molecule has 1 aliphatic rings. The van der Waals surface area contributed by atoms with E-state index >= 15 is 0 Å². The van der Waals surface area contributed by atoms with E-state index in [9.17, 15) is 13.2 Å². The van der Waals surface area contributed by atoms with Crippen LogP contribution in [0.2, 0.25) is 0 Å². The van der Waals surface area contributed by atoms with Gasteiger partial charge in [-0.1, -0.05) is 62.4 Å². The summed E-state index contributed by atoms with van der Waals surface area (Å²) >= 11 is 0. The van der Waals surface area contributed by atoms with E-state index in [-0.39, 0.29) is 36.2 Å². The molecular weight excluding hydrogens is 470 g/mol. The maximum absolute atomic E-state index is 13.1. The fraction of sp³-hybridized carbons (Fsp3) is 0.500. The highest BCUT2D eigenvalue weighted by molar-refractivity contribution is 7.89. The molecule has 3 rings (SSSR count). The van der Waals surface area contributed by atoms with Gasteiger partial charge in [-0.3, -0.25) is 4.79 Å². The molecule has 2 aromatic rings. The number of piperidine rings is 1. The van der Waals surface area contributed by atoms with Gasteiger partial charge in [0, 0.05) is 38.6 Å². The molecule has 34 heavy (non-hydrogen) atoms. The number of carbonyl (C=O) groups is 1. The van der Waals surface area contributed by atoms with Crippen LogP contribution in [0.1, 0.15) is 44.6 Å². The molecule has 8 heteroatoms. The van der Waals surface area contributed by atoms with Crippen LogP contribution in [0.4, 0.5) is 0 Å². The van der Waals surface area contributed by atoms with E-state index in [4.69, 9.17) is 0 Å². The normalized spacial score (nSPS) is 16.3. The van der Waals surface area contributed by atoms with Crippen molar-refractivity contribution in [2.75, 3.05) is 33.2 Å². The molecule has 0 aliphatic carbocycles. The Balaban J connectivity index is 0.00000408. The number of carbonyl (C=O) groups excluding carboxylic acids is 1. The lowest BCUT2D eigenvalue weighted by Crippen LogP contribution is -2.46. The zero-order chi connectivity index (χ0) is 23.8. The first-order chi connectivity index (χ1) is 15.8. The van der Waals surface area contributed by atoms with E-state index in [1.807, 2.05) is 38.1 Å². The number of benzene rings is 2. The Morgan fingerprint density at radius 2 is 1.59 bits per heavy atom. The van der Waals surface area contributed by atoms with Gasteiger partial charge in [-0.25, -0.2) is 12.7 Å². The van der Waals surface area contributed by atoms with E-state index < -0.39 is 10.0 Å². The molecule has 1 unspecified atom stereocenters. The highest BCUT2D eigenvalue weighted by Gasteiger charge is 2.26. The SMILES string of the molecule is CC(C)C(=O)NC1CCN(CCC(CN(C)S(=O)(=O)c2ccccc2)c2ccccc2)CC1.Cl. The third-order valence-corrected chi connectivity index (χ3v) is 8.29. The second-order valence-corrected chi connectivity index (χ2v) is 11.3. The van der Waals surface area contributed by atoms with Crippen molar-refractivity contribution in [3.8, 4) is 0 Å². The second-order valence-electron chi connectivity index (χ2n) is 9.27. The number of halogens is 1. The zero-order valence-electron chi connectivity index (χ0n) is 20.4. The maximum Gasteiger partial charge on any atom is 0.242 e. The van der Waals surface area contributed by atoms with Gasteiger partial charge in [-0.15, -0.1) is 12.4 Å². The van der Waals surface area contributed by atoms with Crippen molar-refractivity contribution in [3.63, 3.8) is 0 Å². The molecule has 0 aromatic heterocycles. The minimum absolute atomic E-state index is 0. The first-order valence-corrected chi connectivity index (χ1v) is 13.3. The molecule has 0 saturated carbocycles. The lowest BCUT2D eigenvalue weighted by atomic mass is 9.94. The van der Waals surface area contributed by atoms with E-state index in [2.05, 4.69) is 22.3 Å². The molecule has 0 bridgehead atoms. The highest BCUT2D eigenvalue weighted by Crippen LogP contribution is 2.25. The maximum atomic E-state index is 13.1. The molecule has 1 aliphatic heterocycles. The molecule has 1 heterocycles. The fourth-order valence-electron chi connectivity index (χ4n) is 4.28. The van der Waals surface area contributed by atoms with Crippen molar-refractivity contribution in [2.24, 2.45) is 5.92 Å². The number of rotatable bonds is 10. The molecule has 2 aromatic carbocycles. The third-order valence-electron chi connectivity index (χ3n) is 6.45. The predicted octanol–water partition coefficient (Wildman–Crippen LogP) is 4.14. The molecule has 1 N–H and O–H groups in total. The van der Waals surface area contributed by atoms with Gasteiger partial charge >= 0.3 is 0 Å². The first kappa shape index (κ1) is 28.3. The summed E-state index contributed by atoms with van der Waals surface area (Å²) in [5.41, 5.74) is 1.16. The Hall–Kier alpha value is -1.93. The van der Waals surface area contributed by atoms with Crippen LogP contribution in [-0.4, -0.2) is 62.8 Å². The van der Waals surface area contributed by atoms with Crippen molar-refractivity contribution < 1.29 is 13.2 Å². The Morgan fingerprint density at radius 1 is 1.03 bits per heavy atom. The van der Waals surface area contributed by atoms with Gasteiger partial charge in [-0.05, 0) is 49.4 Å². The Morgan fingerprint density at radius 3 is 2.15 bits per heavy atom. The van der Waals surface area contributed by atoms with E-state index in [1.54, 1.807) is 31.3 Å². The number of nitrogens with zero attached hydrogens (tertiary/aromatic N) is 2. The van der Waals surface area contributed by atoms with Crippen LogP contribution >= 0.6 is 12.4 Å². The van der Waals surface area contributed by atoms with Gasteiger partial charge < -0.3 is 10.2 Å². The van der Waals surface area contributed by atoms with Crippen LogP contribution in [0.25, 0.3) is 0 Å². The summed E-state index contributed by atoms with van der Waals surface area (Å²) in [5, 5.41) is 3.15. The molecule has 0 radical (unpaired) electrons. The summed E-state index contributed by atoms with van der Waals surface area (Å²) in [6.07, 6.45) is 2.79. The van der Waals surface area contributed by atoms with Crippen LogP contribution < -0.4 is 5.32 Å². The molecule has 1 atom stereocenters. The monoisotopic (exact) mass is 507 g/mol. The van der Waals surface area contributed by atoms with Crippen molar-refractivity contribution in [2.45, 2.75) is 50.0 Å². The van der Waals surface area contributed by atoms with E-state index in [0.29, 0.717) is 11.4 Å². The molecule has 0 spiro atoms. The molecule has 6 nitrogen and oxygen atoms in total. The second kappa shape index (κ2) is 13.2. The minimum atomic E-state index is -3.53. The van der Waals surface area contributed by atoms with Gasteiger partial charge in [0.2, 0.25) is 15.9 Å². The van der Waals surface area contributed by atoms with Gasteiger partial charge in [0.15, 0.2) is 0 Å². The lowest BCUT2D eigenvalue weighted by Gasteiger charge is -2.34. The van der Waals surface area contributed by atoms with E-state index in [0.717, 1.165) is 44.5 Å². The Bertz CT molecular complexity index is 979. The molecule has 1 amide bonds. The largest absolute Gasteiger partial charge is 0.353 e. The summed E-state index contributed by atoms with van der Waals surface area (Å²) in [7, 11) is -1.86. The number of nitrogens with one attached hydrogen (secondary N) is 1. The number of hydrogen-bond donors (Lipinski definition) is 1. The minimum Gasteiger partial charge on any atom is -0.353 e. The van der Waals surface area contributed by atoms with Crippen molar-refractivity contribution >= 4 is 28.3 Å². The van der Waals surface area contributed by atoms with Gasteiger partial charge in [0.05, 0.1) is 4.90 Å². The van der Waals surface area contributed by atoms with Crippen molar-refractivity contribution in [3.05, 3.63) is 66.2 Å². The smallest absolute Gasteiger partial charge is 0.242 e. The number of amides is 1. The number of likely N-dealkylation sites (tertiary alicyclic amines) is 1. The summed E-state index contributed by atoms with van der Waals surface area (Å²) < 4.78 is 27.6. The average Bonchev–Trinajstić information content (AvgIpc) is 2.83. The fourth-order valence-corrected chi connectivity index (χ4v) is 5.51. The van der Waals surface area contributed by atoms with E-state index in [1.165, 1.54) is 4.31 Å². The van der Waals surface area contributed by atoms with Gasteiger partial charge in [0.1, 0.15) is 0 Å². The highest BCUT2D eigenvalue weighted by atomic mass is 35.5.